The standard InChI is InChI=1S/C20H26N2O4/c1-21(2)16-9-11-22(12-10-16)13-15-3-5-17(6-4-15)25-14-18-7-8-19(26-18)20(23)24/h3-8,16H,9-14H2,1-2H3,(H,23,24). The Bertz CT molecular complexity index is 716. The number of carboxylic acids is 1. The van der Waals surface area contributed by atoms with Crippen LogP contribution < -0.4 is 4.74 Å². The molecule has 1 aliphatic rings. The third-order valence-corrected chi connectivity index (χ3v) is 4.87. The molecule has 2 heterocycles. The molecule has 6 heteroatoms. The van der Waals surface area contributed by atoms with E-state index in [1.165, 1.54) is 24.5 Å². The summed E-state index contributed by atoms with van der Waals surface area (Å²) in [6.07, 6.45) is 2.44. The van der Waals surface area contributed by atoms with Crippen LogP contribution in [0.5, 0.6) is 5.75 Å². The maximum Gasteiger partial charge on any atom is 0.371 e. The number of aromatic carboxylic acids is 1. The lowest BCUT2D eigenvalue weighted by Crippen LogP contribution is -2.41. The first kappa shape index (κ1) is 18.5. The normalized spacial score (nSPS) is 16.1. The van der Waals surface area contributed by atoms with Crippen LogP contribution >= 0.6 is 0 Å². The van der Waals surface area contributed by atoms with Crippen LogP contribution in [0.15, 0.2) is 40.8 Å². The van der Waals surface area contributed by atoms with Gasteiger partial charge in [-0.25, -0.2) is 4.79 Å². The zero-order valence-electron chi connectivity index (χ0n) is 15.4. The molecule has 140 valence electrons. The highest BCUT2D eigenvalue weighted by molar-refractivity contribution is 5.84. The van der Waals surface area contributed by atoms with E-state index in [-0.39, 0.29) is 12.4 Å². The minimum absolute atomic E-state index is 0.0722. The van der Waals surface area contributed by atoms with Crippen molar-refractivity contribution in [2.75, 3.05) is 27.2 Å². The first-order valence-corrected chi connectivity index (χ1v) is 8.94. The maximum absolute atomic E-state index is 10.8. The molecule has 6 nitrogen and oxygen atoms in total. The number of rotatable bonds is 7. The first-order chi connectivity index (χ1) is 12.5. The third-order valence-electron chi connectivity index (χ3n) is 4.87. The second-order valence-corrected chi connectivity index (χ2v) is 6.97. The van der Waals surface area contributed by atoms with E-state index in [4.69, 9.17) is 14.3 Å². The lowest BCUT2D eigenvalue weighted by molar-refractivity contribution is 0.0658. The lowest BCUT2D eigenvalue weighted by atomic mass is 10.0. The molecule has 0 spiro atoms. The molecular formula is C20H26N2O4. The van der Waals surface area contributed by atoms with Crippen molar-refractivity contribution in [3.63, 3.8) is 0 Å². The Morgan fingerprint density at radius 3 is 2.46 bits per heavy atom. The number of ether oxygens (including phenoxy) is 1. The van der Waals surface area contributed by atoms with Gasteiger partial charge in [0, 0.05) is 12.6 Å². The molecule has 1 fully saturated rings. The predicted octanol–water partition coefficient (Wildman–Crippen LogP) is 3.08. The highest BCUT2D eigenvalue weighted by atomic mass is 16.5. The molecule has 0 amide bonds. The van der Waals surface area contributed by atoms with Crippen LogP contribution in [-0.2, 0) is 13.2 Å². The second kappa shape index (κ2) is 8.38. The minimum Gasteiger partial charge on any atom is -0.486 e. The fraction of sp³-hybridized carbons (Fsp3) is 0.450. The van der Waals surface area contributed by atoms with Crippen LogP contribution in [0.1, 0.15) is 34.7 Å². The summed E-state index contributed by atoms with van der Waals surface area (Å²) >= 11 is 0. The van der Waals surface area contributed by atoms with Gasteiger partial charge in [0.25, 0.3) is 0 Å². The van der Waals surface area contributed by atoms with Crippen molar-refractivity contribution in [3.8, 4) is 5.75 Å². The Labute approximate surface area is 154 Å². The Hall–Kier alpha value is -2.31. The molecule has 0 atom stereocenters. The quantitative estimate of drug-likeness (QED) is 0.820. The van der Waals surface area contributed by atoms with Crippen LogP contribution in [-0.4, -0.2) is 54.1 Å². The minimum atomic E-state index is -1.07. The second-order valence-electron chi connectivity index (χ2n) is 6.97. The number of carbonyl (C=O) groups is 1. The van der Waals surface area contributed by atoms with Gasteiger partial charge in [-0.15, -0.1) is 0 Å². The van der Waals surface area contributed by atoms with Gasteiger partial charge in [-0.3, -0.25) is 4.90 Å². The Kier molecular flexibility index (Phi) is 5.96. The first-order valence-electron chi connectivity index (χ1n) is 8.94. The Morgan fingerprint density at radius 1 is 1.19 bits per heavy atom. The van der Waals surface area contributed by atoms with Gasteiger partial charge in [-0.05, 0) is 69.9 Å². The van der Waals surface area contributed by atoms with E-state index >= 15 is 0 Å². The van der Waals surface area contributed by atoms with E-state index in [1.54, 1.807) is 6.07 Å². The third kappa shape index (κ3) is 4.86. The van der Waals surface area contributed by atoms with Crippen LogP contribution in [0, 0.1) is 0 Å². The molecule has 0 saturated carbocycles. The zero-order chi connectivity index (χ0) is 18.5. The average molecular weight is 358 g/mol. The SMILES string of the molecule is CN(C)C1CCN(Cc2ccc(OCc3ccc(C(=O)O)o3)cc2)CC1. The van der Waals surface area contributed by atoms with Gasteiger partial charge in [0.15, 0.2) is 0 Å². The van der Waals surface area contributed by atoms with Crippen LogP contribution in [0.3, 0.4) is 0 Å². The van der Waals surface area contributed by atoms with E-state index in [9.17, 15) is 4.79 Å². The zero-order valence-corrected chi connectivity index (χ0v) is 15.4. The van der Waals surface area contributed by atoms with Gasteiger partial charge in [0.2, 0.25) is 5.76 Å². The van der Waals surface area contributed by atoms with E-state index in [0.29, 0.717) is 11.8 Å². The summed E-state index contributed by atoms with van der Waals surface area (Å²) in [6.45, 7) is 3.43. The number of benzene rings is 1. The largest absolute Gasteiger partial charge is 0.486 e. The number of piperidine rings is 1. The fourth-order valence-electron chi connectivity index (χ4n) is 3.27. The summed E-state index contributed by atoms with van der Waals surface area (Å²) in [5, 5.41) is 8.85. The van der Waals surface area contributed by atoms with Crippen molar-refractivity contribution >= 4 is 5.97 Å². The lowest BCUT2D eigenvalue weighted by Gasteiger charge is -2.35. The molecule has 1 saturated heterocycles. The molecule has 1 aromatic heterocycles. The molecule has 3 rings (SSSR count). The van der Waals surface area contributed by atoms with E-state index in [0.717, 1.165) is 25.4 Å². The molecule has 0 unspecified atom stereocenters. The summed E-state index contributed by atoms with van der Waals surface area (Å²) < 4.78 is 10.8. The van der Waals surface area contributed by atoms with Gasteiger partial charge in [-0.2, -0.15) is 0 Å². The average Bonchev–Trinajstić information content (AvgIpc) is 3.11. The van der Waals surface area contributed by atoms with Crippen molar-refractivity contribution in [2.45, 2.75) is 32.0 Å². The summed E-state index contributed by atoms with van der Waals surface area (Å²) in [6, 6.07) is 11.8. The summed E-state index contributed by atoms with van der Waals surface area (Å²) in [5.74, 6) is 0.0933. The number of hydrogen-bond donors (Lipinski definition) is 1. The van der Waals surface area contributed by atoms with Crippen LogP contribution in [0.2, 0.25) is 0 Å². The van der Waals surface area contributed by atoms with Crippen LogP contribution in [0.25, 0.3) is 0 Å². The van der Waals surface area contributed by atoms with Gasteiger partial charge in [0.1, 0.15) is 18.1 Å². The molecule has 1 aliphatic heterocycles. The molecule has 1 N–H and O–H groups in total. The van der Waals surface area contributed by atoms with Crippen molar-refractivity contribution in [3.05, 3.63) is 53.5 Å². The molecule has 0 radical (unpaired) electrons. The topological polar surface area (TPSA) is 66.2 Å². The number of likely N-dealkylation sites (tertiary alicyclic amines) is 1. The van der Waals surface area contributed by atoms with E-state index in [1.807, 2.05) is 12.1 Å². The molecular weight excluding hydrogens is 332 g/mol. The molecule has 26 heavy (non-hydrogen) atoms. The van der Waals surface area contributed by atoms with Crippen molar-refractivity contribution in [2.24, 2.45) is 0 Å². The number of hydrogen-bond acceptors (Lipinski definition) is 5. The van der Waals surface area contributed by atoms with Crippen molar-refractivity contribution in [1.29, 1.82) is 0 Å². The molecule has 0 bridgehead atoms. The van der Waals surface area contributed by atoms with Gasteiger partial charge in [0.05, 0.1) is 0 Å². The fourth-order valence-corrected chi connectivity index (χ4v) is 3.27. The van der Waals surface area contributed by atoms with E-state index in [2.05, 4.69) is 36.0 Å². The predicted molar refractivity (Wildman–Crippen MR) is 98.4 cm³/mol. The maximum atomic E-state index is 10.8. The summed E-state index contributed by atoms with van der Waals surface area (Å²) in [7, 11) is 4.31. The smallest absolute Gasteiger partial charge is 0.371 e. The van der Waals surface area contributed by atoms with Crippen molar-refractivity contribution in [1.82, 2.24) is 9.80 Å². The molecule has 2 aromatic rings. The van der Waals surface area contributed by atoms with Crippen molar-refractivity contribution < 1.29 is 19.1 Å². The molecule has 0 aliphatic carbocycles. The highest BCUT2D eigenvalue weighted by Crippen LogP contribution is 2.19. The van der Waals surface area contributed by atoms with Gasteiger partial charge in [-0.1, -0.05) is 12.1 Å². The molecule has 1 aromatic carbocycles. The van der Waals surface area contributed by atoms with E-state index < -0.39 is 5.97 Å². The van der Waals surface area contributed by atoms with Crippen LogP contribution in [0.4, 0.5) is 0 Å². The highest BCUT2D eigenvalue weighted by Gasteiger charge is 2.20. The van der Waals surface area contributed by atoms with Gasteiger partial charge < -0.3 is 19.2 Å². The number of nitrogens with zero attached hydrogens (tertiary/aromatic N) is 2. The van der Waals surface area contributed by atoms with Gasteiger partial charge >= 0.3 is 5.97 Å². The summed E-state index contributed by atoms with van der Waals surface area (Å²) in [4.78, 5) is 15.6. The Morgan fingerprint density at radius 2 is 1.88 bits per heavy atom. The number of furan rings is 1. The summed E-state index contributed by atoms with van der Waals surface area (Å²) in [5.41, 5.74) is 1.27. The number of carboxylic acid groups (broad SMARTS) is 1. The monoisotopic (exact) mass is 358 g/mol. The Balaban J connectivity index is 1.47.